The van der Waals surface area contributed by atoms with Gasteiger partial charge in [0.15, 0.2) is 11.4 Å². The fraction of sp³-hybridized carbons (Fsp3) is 0.472. The van der Waals surface area contributed by atoms with Crippen LogP contribution < -0.4 is 20.7 Å². The predicted molar refractivity (Wildman–Crippen MR) is 187 cm³/mol. The van der Waals surface area contributed by atoms with Crippen LogP contribution in [0.3, 0.4) is 0 Å². The molecule has 3 aliphatic carbocycles. The summed E-state index contributed by atoms with van der Waals surface area (Å²) in [5, 5.41) is 90.1. The highest BCUT2D eigenvalue weighted by atomic mass is 16.7. The maximum absolute atomic E-state index is 14.3. The number of hydrogen-bond acceptors (Lipinski definition) is 16. The van der Waals surface area contributed by atoms with Crippen LogP contribution in [0.15, 0.2) is 47.2 Å². The van der Waals surface area contributed by atoms with E-state index >= 15 is 0 Å². The monoisotopic (exact) mass is 740 g/mol. The first-order chi connectivity index (χ1) is 24.9. The number of carbonyl (C=O) groups excluding carboxylic acids is 3. The van der Waals surface area contributed by atoms with E-state index in [1.165, 1.54) is 19.0 Å². The van der Waals surface area contributed by atoms with Crippen molar-refractivity contribution in [3.63, 3.8) is 0 Å². The third kappa shape index (κ3) is 5.97. The van der Waals surface area contributed by atoms with Gasteiger partial charge in [0.05, 0.1) is 23.9 Å². The van der Waals surface area contributed by atoms with Crippen LogP contribution in [0.25, 0.3) is 5.76 Å². The fourth-order valence-electron chi connectivity index (χ4n) is 8.07. The van der Waals surface area contributed by atoms with E-state index in [2.05, 4.69) is 5.32 Å². The second-order valence-corrected chi connectivity index (χ2v) is 14.3. The highest BCUT2D eigenvalue weighted by Gasteiger charge is 2.64. The quantitative estimate of drug-likeness (QED) is 0.107. The third-order valence-corrected chi connectivity index (χ3v) is 10.7. The number of ether oxygens (including phenoxy) is 2. The number of amides is 1. The summed E-state index contributed by atoms with van der Waals surface area (Å²) in [6.45, 7) is -0.654. The summed E-state index contributed by atoms with van der Waals surface area (Å²) in [6, 6.07) is 7.03. The number of aromatic hydroxyl groups is 1. The zero-order chi connectivity index (χ0) is 38.8. The lowest BCUT2D eigenvalue weighted by atomic mass is 9.57. The second-order valence-electron chi connectivity index (χ2n) is 14.3. The molecule has 1 saturated carbocycles. The Hall–Kier alpha value is -4.75. The number of benzene rings is 2. The maximum atomic E-state index is 14.3. The molecule has 11 N–H and O–H groups in total. The van der Waals surface area contributed by atoms with Gasteiger partial charge in [-0.3, -0.25) is 19.3 Å². The summed E-state index contributed by atoms with van der Waals surface area (Å²) in [4.78, 5) is 43.1. The zero-order valence-electron chi connectivity index (χ0n) is 29.4. The number of ketones is 2. The number of Topliss-reactive ketones (excluding diaryl/α,β-unsaturated/α-hetero) is 2. The fourth-order valence-corrected chi connectivity index (χ4v) is 8.07. The van der Waals surface area contributed by atoms with Gasteiger partial charge in [0, 0.05) is 43.4 Å². The van der Waals surface area contributed by atoms with Gasteiger partial charge in [0.25, 0.3) is 5.91 Å². The van der Waals surface area contributed by atoms with Crippen LogP contribution in [-0.2, 0) is 32.1 Å². The lowest BCUT2D eigenvalue weighted by Crippen LogP contribution is -2.65. The SMILES string of the molecule is CN(C)c1cc(NCc2ccccc2OC2O[C@H](CO)[C@@H](O)[C@@H](O)[C@H]2O)c(O)c2c1C[C@H]1C[C@H]3[C@H](N(C)C)C(=O)C(C(N)=O)=C(O)[C@@]3(O)C(=O)C1=C2O. The number of nitrogens with zero attached hydrogens (tertiary/aromatic N) is 2. The molecule has 53 heavy (non-hydrogen) atoms. The van der Waals surface area contributed by atoms with Gasteiger partial charge in [-0.25, -0.2) is 0 Å². The van der Waals surface area contributed by atoms with Crippen molar-refractivity contribution in [2.45, 2.75) is 61.7 Å². The molecule has 1 unspecified atom stereocenters. The van der Waals surface area contributed by atoms with E-state index in [-0.39, 0.29) is 42.0 Å². The Bertz CT molecular complexity index is 1910. The van der Waals surface area contributed by atoms with Crippen molar-refractivity contribution in [2.75, 3.05) is 45.0 Å². The van der Waals surface area contributed by atoms with Gasteiger partial charge in [0.2, 0.25) is 12.1 Å². The van der Waals surface area contributed by atoms with Gasteiger partial charge < -0.3 is 66.3 Å². The van der Waals surface area contributed by atoms with Gasteiger partial charge in [-0.05, 0) is 50.6 Å². The van der Waals surface area contributed by atoms with Gasteiger partial charge >= 0.3 is 0 Å². The molecule has 6 rings (SSSR count). The Kier molecular flexibility index (Phi) is 9.97. The predicted octanol–water partition coefficient (Wildman–Crippen LogP) is -1.18. The number of phenolic OH excluding ortho intramolecular Hbond substituents is 1. The zero-order valence-corrected chi connectivity index (χ0v) is 29.4. The van der Waals surface area contributed by atoms with Crippen LogP contribution in [0.2, 0.25) is 0 Å². The van der Waals surface area contributed by atoms with Crippen LogP contribution in [0.1, 0.15) is 23.1 Å². The Labute approximate surface area is 303 Å². The number of carbonyl (C=O) groups is 3. The number of primary amides is 1. The van der Waals surface area contributed by atoms with Gasteiger partial charge in [-0.2, -0.15) is 0 Å². The van der Waals surface area contributed by atoms with Gasteiger partial charge in [0.1, 0.15) is 53.0 Å². The molecule has 0 bridgehead atoms. The minimum atomic E-state index is -2.77. The van der Waals surface area contributed by atoms with Crippen LogP contribution in [0.5, 0.6) is 11.5 Å². The van der Waals surface area contributed by atoms with Crippen molar-refractivity contribution in [3.8, 4) is 11.5 Å². The Morgan fingerprint density at radius 3 is 2.36 bits per heavy atom. The Morgan fingerprint density at radius 2 is 1.74 bits per heavy atom. The maximum Gasteiger partial charge on any atom is 0.255 e. The molecule has 0 spiro atoms. The van der Waals surface area contributed by atoms with E-state index in [0.717, 1.165) is 0 Å². The van der Waals surface area contributed by atoms with Crippen LogP contribution in [0.4, 0.5) is 11.4 Å². The number of likely N-dealkylation sites (N-methyl/N-ethyl adjacent to an activating group) is 1. The van der Waals surface area contributed by atoms with E-state index in [1.807, 2.05) is 0 Å². The molecule has 17 heteroatoms. The van der Waals surface area contributed by atoms with Crippen molar-refractivity contribution >= 4 is 34.6 Å². The molecule has 4 aliphatic rings. The highest BCUT2D eigenvalue weighted by molar-refractivity contribution is 6.24. The third-order valence-electron chi connectivity index (χ3n) is 10.7. The van der Waals surface area contributed by atoms with E-state index < -0.39 is 101 Å². The lowest BCUT2D eigenvalue weighted by Gasteiger charge is -2.50. The van der Waals surface area contributed by atoms with Crippen LogP contribution in [0, 0.1) is 11.8 Å². The molecule has 9 atom stereocenters. The van der Waals surface area contributed by atoms with Gasteiger partial charge in [-0.1, -0.05) is 18.2 Å². The number of rotatable bonds is 9. The molecule has 2 fully saturated rings. The summed E-state index contributed by atoms with van der Waals surface area (Å²) in [6.07, 6.45) is -7.47. The van der Waals surface area contributed by atoms with Crippen molar-refractivity contribution in [2.24, 2.45) is 17.6 Å². The summed E-state index contributed by atoms with van der Waals surface area (Å²) >= 11 is 0. The first kappa shape index (κ1) is 38.0. The standard InChI is InChI=1S/C36H44N4O13/c1-39(2)19-11-18(38-12-14-7-5-6-8-20(14)52-35-31(47)30(46)27(43)21(13-41)53-35)26(42)23-16(19)9-15-10-17-25(40(3)4)29(45)24(34(37)50)33(49)36(17,51)32(48)22(15)28(23)44/h5-8,11,15,17,21,25,27,30-31,35,38,41-44,46-47,49,51H,9-10,12-13H2,1-4H3,(H2,37,50)/t15-,17-,21+,25-,27+,30+,31+,35?,36-/m0/s1. The summed E-state index contributed by atoms with van der Waals surface area (Å²) < 4.78 is 11.4. The minimum absolute atomic E-state index is 0.0123. The number of anilines is 2. The molecule has 2 aromatic rings. The number of para-hydroxylation sites is 1. The Morgan fingerprint density at radius 1 is 1.06 bits per heavy atom. The van der Waals surface area contributed by atoms with Crippen molar-refractivity contribution < 1.29 is 64.7 Å². The molecule has 286 valence electrons. The molecule has 1 amide bonds. The molecular weight excluding hydrogens is 696 g/mol. The number of nitrogens with one attached hydrogen (secondary N) is 1. The summed E-state index contributed by atoms with van der Waals surface area (Å²) in [7, 11) is 6.56. The lowest BCUT2D eigenvalue weighted by molar-refractivity contribution is -0.277. The minimum Gasteiger partial charge on any atom is -0.508 e. The molecule has 17 nitrogen and oxygen atoms in total. The van der Waals surface area contributed by atoms with E-state index in [0.29, 0.717) is 16.8 Å². The molecule has 1 aliphatic heterocycles. The smallest absolute Gasteiger partial charge is 0.255 e. The average Bonchev–Trinajstić information content (AvgIpc) is 3.09. The number of aliphatic hydroxyl groups excluding tert-OH is 6. The highest BCUT2D eigenvalue weighted by Crippen LogP contribution is 2.54. The second kappa shape index (κ2) is 13.9. The topological polar surface area (TPSA) is 276 Å². The average molecular weight is 741 g/mol. The van der Waals surface area contributed by atoms with E-state index in [4.69, 9.17) is 15.2 Å². The molecule has 0 radical (unpaired) electrons. The molecule has 1 heterocycles. The van der Waals surface area contributed by atoms with Crippen molar-refractivity contribution in [1.82, 2.24) is 4.90 Å². The van der Waals surface area contributed by atoms with Crippen LogP contribution >= 0.6 is 0 Å². The molecule has 1 saturated heterocycles. The molecule has 2 aromatic carbocycles. The first-order valence-electron chi connectivity index (χ1n) is 16.9. The number of nitrogens with two attached hydrogens (primary N) is 1. The largest absolute Gasteiger partial charge is 0.508 e. The number of hydrogen-bond donors (Lipinski definition) is 10. The van der Waals surface area contributed by atoms with Crippen molar-refractivity contribution in [1.29, 1.82) is 0 Å². The number of fused-ring (bicyclic) bond motifs is 3. The van der Waals surface area contributed by atoms with Crippen LogP contribution in [-0.4, -0.2) is 140 Å². The van der Waals surface area contributed by atoms with Gasteiger partial charge in [-0.15, -0.1) is 0 Å². The molecule has 0 aromatic heterocycles. The van der Waals surface area contributed by atoms with E-state index in [1.54, 1.807) is 49.3 Å². The normalized spacial score (nSPS) is 31.2. The number of phenols is 1. The van der Waals surface area contributed by atoms with Crippen molar-refractivity contribution in [3.05, 3.63) is 63.9 Å². The first-order valence-corrected chi connectivity index (χ1v) is 16.9. The summed E-state index contributed by atoms with van der Waals surface area (Å²) in [5.41, 5.74) is 3.02. The Balaban J connectivity index is 1.37. The molecular formula is C36H44N4O13. The van der Waals surface area contributed by atoms with E-state index in [9.17, 15) is 55.2 Å². The summed E-state index contributed by atoms with van der Waals surface area (Å²) in [5.74, 6) is -7.29. The number of aliphatic hydroxyl groups is 7.